The molecule has 0 bridgehead atoms. The van der Waals surface area contributed by atoms with Gasteiger partial charge in [0.1, 0.15) is 12.4 Å². The summed E-state index contributed by atoms with van der Waals surface area (Å²) < 4.78 is 5.19. The quantitative estimate of drug-likeness (QED) is 0.485. The molecule has 3 nitrogen and oxygen atoms in total. The summed E-state index contributed by atoms with van der Waals surface area (Å²) in [6, 6.07) is 9.99. The maximum Gasteiger partial charge on any atom is 0.303 e. The van der Waals surface area contributed by atoms with Crippen molar-refractivity contribution in [1.82, 2.24) is 0 Å². The highest BCUT2D eigenvalue weighted by Crippen LogP contribution is 2.41. The molecular formula is C16H18O3S. The van der Waals surface area contributed by atoms with Crippen LogP contribution in [-0.2, 0) is 14.3 Å². The van der Waals surface area contributed by atoms with E-state index in [9.17, 15) is 9.59 Å². The Morgan fingerprint density at radius 1 is 1.35 bits per heavy atom. The van der Waals surface area contributed by atoms with Gasteiger partial charge >= 0.3 is 5.97 Å². The van der Waals surface area contributed by atoms with E-state index in [1.54, 1.807) is 11.8 Å². The Morgan fingerprint density at radius 2 is 2.05 bits per heavy atom. The molecule has 0 spiro atoms. The molecule has 0 radical (unpaired) electrons. The average molecular weight is 290 g/mol. The molecule has 0 fully saturated rings. The van der Waals surface area contributed by atoms with Crippen molar-refractivity contribution in [2.24, 2.45) is 5.41 Å². The predicted octanol–water partition coefficient (Wildman–Crippen LogP) is 3.24. The average Bonchev–Trinajstić information content (AvgIpc) is 2.42. The first-order valence-electron chi connectivity index (χ1n) is 6.57. The summed E-state index contributed by atoms with van der Waals surface area (Å²) in [5, 5.41) is 0.0502. The van der Waals surface area contributed by atoms with E-state index in [2.05, 4.69) is 0 Å². The summed E-state index contributed by atoms with van der Waals surface area (Å²) in [5.74, 6) is -0.318. The topological polar surface area (TPSA) is 43.4 Å². The molecule has 1 aliphatic carbocycles. The molecule has 0 aromatic heterocycles. The minimum absolute atomic E-state index is 0.0502. The monoisotopic (exact) mass is 290 g/mol. The molecule has 1 aromatic rings. The number of rotatable bonds is 4. The van der Waals surface area contributed by atoms with E-state index in [1.165, 1.54) is 6.92 Å². The van der Waals surface area contributed by atoms with Crippen molar-refractivity contribution in [3.63, 3.8) is 0 Å². The molecule has 1 aliphatic rings. The SMILES string of the molecule is CC(=O)OC1C=CC(Sc2ccccc2)C(C)(C=O)C1. The third-order valence-electron chi connectivity index (χ3n) is 3.38. The zero-order chi connectivity index (χ0) is 14.6. The molecule has 0 saturated heterocycles. The van der Waals surface area contributed by atoms with Gasteiger partial charge in [0.15, 0.2) is 0 Å². The lowest BCUT2D eigenvalue weighted by Crippen LogP contribution is -2.38. The van der Waals surface area contributed by atoms with Crippen LogP contribution < -0.4 is 0 Å². The maximum atomic E-state index is 11.5. The Morgan fingerprint density at radius 3 is 2.65 bits per heavy atom. The molecule has 2 rings (SSSR count). The van der Waals surface area contributed by atoms with Gasteiger partial charge in [-0.1, -0.05) is 31.2 Å². The normalized spacial score (nSPS) is 28.9. The highest BCUT2D eigenvalue weighted by atomic mass is 32.2. The Labute approximate surface area is 123 Å². The van der Waals surface area contributed by atoms with Crippen LogP contribution in [0.15, 0.2) is 47.4 Å². The van der Waals surface area contributed by atoms with E-state index in [-0.39, 0.29) is 17.3 Å². The Kier molecular flexibility index (Phi) is 4.65. The zero-order valence-corrected chi connectivity index (χ0v) is 12.4. The molecule has 3 atom stereocenters. The third-order valence-corrected chi connectivity index (χ3v) is 4.88. The number of aldehydes is 1. The number of ether oxygens (including phenoxy) is 1. The van der Waals surface area contributed by atoms with Crippen molar-refractivity contribution in [2.75, 3.05) is 0 Å². The molecule has 0 amide bonds. The van der Waals surface area contributed by atoms with Crippen molar-refractivity contribution in [1.29, 1.82) is 0 Å². The molecular weight excluding hydrogens is 272 g/mol. The van der Waals surface area contributed by atoms with Crippen LogP contribution in [0.3, 0.4) is 0 Å². The first-order chi connectivity index (χ1) is 9.53. The van der Waals surface area contributed by atoms with Gasteiger partial charge in [-0.3, -0.25) is 4.79 Å². The van der Waals surface area contributed by atoms with Crippen LogP contribution in [0.5, 0.6) is 0 Å². The molecule has 0 N–H and O–H groups in total. The molecule has 0 heterocycles. The van der Waals surface area contributed by atoms with Gasteiger partial charge in [-0.25, -0.2) is 0 Å². The third kappa shape index (κ3) is 3.51. The van der Waals surface area contributed by atoms with E-state index >= 15 is 0 Å². The lowest BCUT2D eigenvalue weighted by molar-refractivity contribution is -0.146. The van der Waals surface area contributed by atoms with Gasteiger partial charge in [0, 0.05) is 28.9 Å². The van der Waals surface area contributed by atoms with Crippen LogP contribution in [0.25, 0.3) is 0 Å². The molecule has 0 aliphatic heterocycles. The molecule has 1 aromatic carbocycles. The fourth-order valence-electron chi connectivity index (χ4n) is 2.29. The predicted molar refractivity (Wildman–Crippen MR) is 79.6 cm³/mol. The first kappa shape index (κ1) is 14.9. The van der Waals surface area contributed by atoms with Crippen LogP contribution in [-0.4, -0.2) is 23.6 Å². The van der Waals surface area contributed by atoms with Gasteiger partial charge in [-0.2, -0.15) is 0 Å². The van der Waals surface area contributed by atoms with E-state index in [1.807, 2.05) is 49.4 Å². The van der Waals surface area contributed by atoms with Crippen LogP contribution in [0.2, 0.25) is 0 Å². The standard InChI is InChI=1S/C16H18O3S/c1-12(18)19-13-8-9-15(16(2,10-13)11-17)20-14-6-4-3-5-7-14/h3-9,11,13,15H,10H2,1-2H3. The van der Waals surface area contributed by atoms with Crippen molar-refractivity contribution in [2.45, 2.75) is 36.5 Å². The second-order valence-electron chi connectivity index (χ2n) is 5.21. The summed E-state index contributed by atoms with van der Waals surface area (Å²) in [6.45, 7) is 3.30. The molecule has 4 heteroatoms. The fraction of sp³-hybridized carbons (Fsp3) is 0.375. The lowest BCUT2D eigenvalue weighted by atomic mass is 9.78. The first-order valence-corrected chi connectivity index (χ1v) is 7.45. The number of carbonyl (C=O) groups is 2. The number of thioether (sulfide) groups is 1. The van der Waals surface area contributed by atoms with Gasteiger partial charge in [-0.05, 0) is 18.2 Å². The zero-order valence-electron chi connectivity index (χ0n) is 11.6. The number of benzene rings is 1. The van der Waals surface area contributed by atoms with E-state index in [4.69, 9.17) is 4.74 Å². The maximum absolute atomic E-state index is 11.5. The largest absolute Gasteiger partial charge is 0.458 e. The summed E-state index contributed by atoms with van der Waals surface area (Å²) in [4.78, 5) is 23.7. The highest BCUT2D eigenvalue weighted by Gasteiger charge is 2.39. The number of esters is 1. The Hall–Kier alpha value is -1.55. The lowest BCUT2D eigenvalue weighted by Gasteiger charge is -2.36. The number of hydrogen-bond donors (Lipinski definition) is 0. The number of carbonyl (C=O) groups excluding carboxylic acids is 2. The van der Waals surface area contributed by atoms with E-state index < -0.39 is 5.41 Å². The number of hydrogen-bond acceptors (Lipinski definition) is 4. The van der Waals surface area contributed by atoms with Crippen molar-refractivity contribution < 1.29 is 14.3 Å². The fourth-order valence-corrected chi connectivity index (χ4v) is 3.49. The summed E-state index contributed by atoms with van der Waals surface area (Å²) in [5.41, 5.74) is -0.532. The van der Waals surface area contributed by atoms with Crippen LogP contribution in [0, 0.1) is 5.41 Å². The Balaban J connectivity index is 2.15. The van der Waals surface area contributed by atoms with Crippen LogP contribution >= 0.6 is 11.8 Å². The van der Waals surface area contributed by atoms with Gasteiger partial charge in [-0.15, -0.1) is 11.8 Å². The van der Waals surface area contributed by atoms with Gasteiger partial charge in [0.25, 0.3) is 0 Å². The second-order valence-corrected chi connectivity index (χ2v) is 6.43. The second kappa shape index (κ2) is 6.27. The summed E-state index contributed by atoms with van der Waals surface area (Å²) >= 11 is 1.66. The van der Waals surface area contributed by atoms with Gasteiger partial charge in [0.05, 0.1) is 0 Å². The molecule has 106 valence electrons. The van der Waals surface area contributed by atoms with Gasteiger partial charge in [0.2, 0.25) is 0 Å². The van der Waals surface area contributed by atoms with Crippen molar-refractivity contribution >= 4 is 24.0 Å². The van der Waals surface area contributed by atoms with Crippen molar-refractivity contribution in [3.05, 3.63) is 42.5 Å². The summed E-state index contributed by atoms with van der Waals surface area (Å²) in [6.07, 6.45) is 5.05. The van der Waals surface area contributed by atoms with Crippen LogP contribution in [0.4, 0.5) is 0 Å². The summed E-state index contributed by atoms with van der Waals surface area (Å²) in [7, 11) is 0. The van der Waals surface area contributed by atoms with E-state index in [0.29, 0.717) is 6.42 Å². The molecule has 0 saturated carbocycles. The van der Waals surface area contributed by atoms with Gasteiger partial charge < -0.3 is 9.53 Å². The van der Waals surface area contributed by atoms with E-state index in [0.717, 1.165) is 11.2 Å². The Bertz CT molecular complexity index is 512. The minimum atomic E-state index is -0.532. The molecule has 3 unspecified atom stereocenters. The smallest absolute Gasteiger partial charge is 0.303 e. The minimum Gasteiger partial charge on any atom is -0.458 e. The highest BCUT2D eigenvalue weighted by molar-refractivity contribution is 8.00. The van der Waals surface area contributed by atoms with Crippen molar-refractivity contribution in [3.8, 4) is 0 Å². The molecule has 20 heavy (non-hydrogen) atoms. The van der Waals surface area contributed by atoms with Crippen LogP contribution in [0.1, 0.15) is 20.3 Å².